The second-order valence-corrected chi connectivity index (χ2v) is 9.05. The molecule has 2 aromatic carbocycles. The highest BCUT2D eigenvalue weighted by Crippen LogP contribution is 2.43. The van der Waals surface area contributed by atoms with E-state index in [4.69, 9.17) is 22.3 Å². The summed E-state index contributed by atoms with van der Waals surface area (Å²) >= 11 is 5.96. The Balaban J connectivity index is 2.24. The fraction of sp³-hybridized carbons (Fsp3) is 0.278. The first-order valence-electron chi connectivity index (χ1n) is 8.09. The summed E-state index contributed by atoms with van der Waals surface area (Å²) < 4.78 is 23.6. The minimum absolute atomic E-state index is 0.0509. The van der Waals surface area contributed by atoms with Gasteiger partial charge < -0.3 is 10.0 Å². The Morgan fingerprint density at radius 1 is 1.19 bits per heavy atom. The van der Waals surface area contributed by atoms with Crippen LogP contribution in [0, 0.1) is 0 Å². The molecule has 0 bridgehead atoms. The lowest BCUT2D eigenvalue weighted by Gasteiger charge is -2.35. The van der Waals surface area contributed by atoms with Gasteiger partial charge in [0.15, 0.2) is 5.72 Å². The lowest BCUT2D eigenvalue weighted by atomic mass is 9.93. The Hall–Kier alpha value is -1.60. The Bertz CT molecular complexity index is 977. The SMILES string of the molecule is CCCCN1C(=O)c2ccccc2C1(O)c1ccc(Cl)c(S(=O)(=O)Cl)c1. The molecular formula is C18H17Cl2NO4S. The molecule has 0 saturated heterocycles. The number of benzene rings is 2. The molecule has 1 aliphatic heterocycles. The van der Waals surface area contributed by atoms with Crippen LogP contribution in [0.15, 0.2) is 47.4 Å². The third-order valence-corrected chi connectivity index (χ3v) is 6.30. The van der Waals surface area contributed by atoms with Gasteiger partial charge in [-0.25, -0.2) is 8.42 Å². The van der Waals surface area contributed by atoms with Gasteiger partial charge in [0.2, 0.25) is 0 Å². The first kappa shape index (κ1) is 19.2. The number of halogens is 2. The zero-order valence-electron chi connectivity index (χ0n) is 13.9. The largest absolute Gasteiger partial charge is 0.363 e. The summed E-state index contributed by atoms with van der Waals surface area (Å²) in [4.78, 5) is 13.9. The number of rotatable bonds is 5. The molecule has 3 rings (SSSR count). The number of carbonyl (C=O) groups is 1. The van der Waals surface area contributed by atoms with E-state index in [1.54, 1.807) is 24.3 Å². The van der Waals surface area contributed by atoms with Crippen LogP contribution < -0.4 is 0 Å². The number of hydrogen-bond acceptors (Lipinski definition) is 4. The monoisotopic (exact) mass is 413 g/mol. The van der Waals surface area contributed by atoms with Crippen molar-refractivity contribution in [3.05, 3.63) is 64.2 Å². The molecule has 0 radical (unpaired) electrons. The van der Waals surface area contributed by atoms with Crippen molar-refractivity contribution < 1.29 is 18.3 Å². The Labute approximate surface area is 161 Å². The zero-order valence-corrected chi connectivity index (χ0v) is 16.3. The highest BCUT2D eigenvalue weighted by molar-refractivity contribution is 8.13. The molecule has 1 unspecified atom stereocenters. The van der Waals surface area contributed by atoms with E-state index in [9.17, 15) is 18.3 Å². The van der Waals surface area contributed by atoms with Crippen molar-refractivity contribution >= 4 is 37.2 Å². The van der Waals surface area contributed by atoms with Crippen LogP contribution in [0.25, 0.3) is 0 Å². The van der Waals surface area contributed by atoms with Gasteiger partial charge in [0.25, 0.3) is 15.0 Å². The first-order valence-corrected chi connectivity index (χ1v) is 10.8. The number of nitrogens with zero attached hydrogens (tertiary/aromatic N) is 1. The third-order valence-electron chi connectivity index (χ3n) is 4.50. The molecular weight excluding hydrogens is 397 g/mol. The van der Waals surface area contributed by atoms with Crippen molar-refractivity contribution in [2.75, 3.05) is 6.54 Å². The van der Waals surface area contributed by atoms with E-state index < -0.39 is 14.8 Å². The molecule has 0 spiro atoms. The Morgan fingerprint density at radius 3 is 2.54 bits per heavy atom. The maximum atomic E-state index is 12.8. The van der Waals surface area contributed by atoms with Gasteiger partial charge in [0.1, 0.15) is 4.90 Å². The zero-order chi connectivity index (χ0) is 19.1. The Morgan fingerprint density at radius 2 is 1.88 bits per heavy atom. The lowest BCUT2D eigenvalue weighted by Crippen LogP contribution is -2.45. The predicted octanol–water partition coefficient (Wildman–Crippen LogP) is 3.72. The molecule has 1 atom stereocenters. The summed E-state index contributed by atoms with van der Waals surface area (Å²) in [5.41, 5.74) is -0.780. The van der Waals surface area contributed by atoms with Gasteiger partial charge in [-0.1, -0.05) is 49.2 Å². The average molecular weight is 414 g/mol. The molecule has 26 heavy (non-hydrogen) atoms. The van der Waals surface area contributed by atoms with Gasteiger partial charge >= 0.3 is 0 Å². The minimum atomic E-state index is -4.11. The van der Waals surface area contributed by atoms with Gasteiger partial charge in [-0.15, -0.1) is 0 Å². The highest BCUT2D eigenvalue weighted by atomic mass is 35.7. The second kappa shape index (κ2) is 6.85. The van der Waals surface area contributed by atoms with Crippen molar-refractivity contribution in [1.82, 2.24) is 4.90 Å². The number of aliphatic hydroxyl groups is 1. The standard InChI is InChI=1S/C18H17Cl2NO4S/c1-2-3-10-21-17(22)13-6-4-5-7-14(13)18(21,23)12-8-9-15(19)16(11-12)26(20,24)25/h4-9,11,23H,2-3,10H2,1H3. The molecule has 0 saturated carbocycles. The molecule has 1 aliphatic rings. The van der Waals surface area contributed by atoms with E-state index >= 15 is 0 Å². The minimum Gasteiger partial charge on any atom is -0.363 e. The molecule has 1 heterocycles. The summed E-state index contributed by atoms with van der Waals surface area (Å²) in [6, 6.07) is 10.8. The van der Waals surface area contributed by atoms with Gasteiger partial charge in [0, 0.05) is 33.9 Å². The summed E-state index contributed by atoms with van der Waals surface area (Å²) in [7, 11) is 1.35. The second-order valence-electron chi connectivity index (χ2n) is 6.11. The van der Waals surface area contributed by atoms with E-state index in [1.807, 2.05) is 6.92 Å². The fourth-order valence-corrected chi connectivity index (χ4v) is 4.70. The number of amides is 1. The first-order chi connectivity index (χ1) is 12.2. The van der Waals surface area contributed by atoms with Crippen LogP contribution in [0.3, 0.4) is 0 Å². The van der Waals surface area contributed by atoms with Crippen LogP contribution in [0.1, 0.15) is 41.3 Å². The normalized spacial score (nSPS) is 19.7. The van der Waals surface area contributed by atoms with Crippen LogP contribution in [0.4, 0.5) is 0 Å². The number of carbonyl (C=O) groups excluding carboxylic acids is 1. The van der Waals surface area contributed by atoms with Crippen LogP contribution in [0.2, 0.25) is 5.02 Å². The van der Waals surface area contributed by atoms with Crippen molar-refractivity contribution in [2.24, 2.45) is 0 Å². The number of hydrogen-bond donors (Lipinski definition) is 1. The van der Waals surface area contributed by atoms with Crippen LogP contribution in [-0.4, -0.2) is 30.9 Å². The van der Waals surface area contributed by atoms with E-state index in [0.29, 0.717) is 24.1 Å². The number of fused-ring (bicyclic) bond motifs is 1. The van der Waals surface area contributed by atoms with Crippen molar-refractivity contribution in [1.29, 1.82) is 0 Å². The lowest BCUT2D eigenvalue weighted by molar-refractivity contribution is -0.0504. The van der Waals surface area contributed by atoms with Crippen LogP contribution >= 0.6 is 22.3 Å². The Kier molecular flexibility index (Phi) is 5.05. The molecule has 1 amide bonds. The van der Waals surface area contributed by atoms with Crippen molar-refractivity contribution in [2.45, 2.75) is 30.4 Å². The molecule has 2 aromatic rings. The topological polar surface area (TPSA) is 74.7 Å². The fourth-order valence-electron chi connectivity index (χ4n) is 3.21. The molecule has 5 nitrogen and oxygen atoms in total. The average Bonchev–Trinajstić information content (AvgIpc) is 2.81. The van der Waals surface area contributed by atoms with E-state index in [-0.39, 0.29) is 21.4 Å². The summed E-state index contributed by atoms with van der Waals surface area (Å²) in [5, 5.41) is 11.5. The van der Waals surface area contributed by atoms with Crippen LogP contribution in [-0.2, 0) is 14.8 Å². The number of unbranched alkanes of at least 4 members (excludes halogenated alkanes) is 1. The predicted molar refractivity (Wildman–Crippen MR) is 99.9 cm³/mol. The highest BCUT2D eigenvalue weighted by Gasteiger charge is 2.49. The summed E-state index contributed by atoms with van der Waals surface area (Å²) in [6.45, 7) is 2.30. The van der Waals surface area contributed by atoms with Gasteiger partial charge in [0.05, 0.1) is 5.02 Å². The van der Waals surface area contributed by atoms with Crippen LogP contribution in [0.5, 0.6) is 0 Å². The molecule has 138 valence electrons. The maximum Gasteiger partial charge on any atom is 0.262 e. The smallest absolute Gasteiger partial charge is 0.262 e. The maximum absolute atomic E-state index is 12.8. The molecule has 0 fully saturated rings. The molecule has 0 aromatic heterocycles. The van der Waals surface area contributed by atoms with Crippen molar-refractivity contribution in [3.63, 3.8) is 0 Å². The van der Waals surface area contributed by atoms with E-state index in [1.165, 1.54) is 23.1 Å². The van der Waals surface area contributed by atoms with E-state index in [2.05, 4.69) is 0 Å². The molecule has 1 N–H and O–H groups in total. The van der Waals surface area contributed by atoms with Crippen molar-refractivity contribution in [3.8, 4) is 0 Å². The summed E-state index contributed by atoms with van der Waals surface area (Å²) in [6.07, 6.45) is 1.52. The van der Waals surface area contributed by atoms with Gasteiger partial charge in [-0.3, -0.25) is 4.79 Å². The van der Waals surface area contributed by atoms with E-state index in [0.717, 1.165) is 6.42 Å². The van der Waals surface area contributed by atoms with Gasteiger partial charge in [-0.2, -0.15) is 0 Å². The van der Waals surface area contributed by atoms with Gasteiger partial charge in [-0.05, 0) is 24.6 Å². The third kappa shape index (κ3) is 3.01. The molecule has 0 aliphatic carbocycles. The molecule has 8 heteroatoms. The quantitative estimate of drug-likeness (QED) is 0.757. The summed E-state index contributed by atoms with van der Waals surface area (Å²) in [5.74, 6) is -0.304.